The van der Waals surface area contributed by atoms with Gasteiger partial charge in [-0.2, -0.15) is 0 Å². The number of ether oxygens (including phenoxy) is 1. The van der Waals surface area contributed by atoms with E-state index in [1.807, 2.05) is 93.6 Å². The van der Waals surface area contributed by atoms with Crippen LogP contribution in [0.1, 0.15) is 75.6 Å². The maximum absolute atomic E-state index is 12.8. The van der Waals surface area contributed by atoms with Crippen molar-refractivity contribution in [3.05, 3.63) is 148 Å². The van der Waals surface area contributed by atoms with E-state index in [1.165, 1.54) is 0 Å². The summed E-state index contributed by atoms with van der Waals surface area (Å²) in [5.41, 5.74) is 7.55. The summed E-state index contributed by atoms with van der Waals surface area (Å²) in [5, 5.41) is 20.2. The number of aryl methyl sites for hydroxylation is 2. The zero-order chi connectivity index (χ0) is 35.6. The lowest BCUT2D eigenvalue weighted by Crippen LogP contribution is -2.32. The Bertz CT molecular complexity index is 1830. The molecule has 3 aromatic carbocycles. The molecule has 0 aliphatic heterocycles. The molecule has 0 bridgehead atoms. The van der Waals surface area contributed by atoms with Crippen molar-refractivity contribution in [3.63, 3.8) is 0 Å². The van der Waals surface area contributed by atoms with Crippen LogP contribution in [0, 0.1) is 13.8 Å². The minimum Gasteiger partial charge on any atom is -0.497 e. The van der Waals surface area contributed by atoms with Crippen LogP contribution in [0.4, 0.5) is 0 Å². The Labute approximate surface area is 294 Å². The van der Waals surface area contributed by atoms with Crippen molar-refractivity contribution < 1.29 is 19.4 Å². The molecular formula is C41H47N5O4. The molecule has 0 aliphatic rings. The van der Waals surface area contributed by atoms with Crippen LogP contribution in [-0.2, 0) is 24.2 Å². The standard InChI is InChI=1S/C41H47N5O4/c1-27(42-26-38(47)36-18-21-39(43-25-36)46-28(2)6-7-29(46)3)22-31-8-10-32(11-9-31)23-40(48)44-24-33-12-14-35(15-13-33)41(49)45-30(4)34-16-19-37(50-5)20-17-34/h6-21,25,27,30,38,42,47H,22-24,26H2,1-5H3,(H,44,48)(H,45,49)/t27?,30-,38-/m1/s1. The minimum atomic E-state index is -0.663. The maximum atomic E-state index is 12.8. The predicted molar refractivity (Wildman–Crippen MR) is 196 cm³/mol. The van der Waals surface area contributed by atoms with Crippen molar-refractivity contribution >= 4 is 11.8 Å². The van der Waals surface area contributed by atoms with Gasteiger partial charge in [-0.1, -0.05) is 54.6 Å². The molecule has 50 heavy (non-hydrogen) atoms. The van der Waals surface area contributed by atoms with Crippen LogP contribution in [-0.4, -0.2) is 46.2 Å². The normalized spacial score (nSPS) is 12.9. The third kappa shape index (κ3) is 9.68. The predicted octanol–water partition coefficient (Wildman–Crippen LogP) is 6.10. The van der Waals surface area contributed by atoms with E-state index >= 15 is 0 Å². The topological polar surface area (TPSA) is 118 Å². The average Bonchev–Trinajstić information content (AvgIpc) is 3.47. The van der Waals surface area contributed by atoms with Gasteiger partial charge in [-0.15, -0.1) is 0 Å². The highest BCUT2D eigenvalue weighted by atomic mass is 16.5. The molecular weight excluding hydrogens is 626 g/mol. The fourth-order valence-electron chi connectivity index (χ4n) is 5.88. The molecule has 0 aliphatic carbocycles. The highest BCUT2D eigenvalue weighted by Crippen LogP contribution is 2.19. The smallest absolute Gasteiger partial charge is 0.251 e. The van der Waals surface area contributed by atoms with E-state index in [0.717, 1.165) is 57.2 Å². The lowest BCUT2D eigenvalue weighted by molar-refractivity contribution is -0.120. The Balaban J connectivity index is 1.01. The largest absolute Gasteiger partial charge is 0.497 e. The van der Waals surface area contributed by atoms with E-state index in [2.05, 4.69) is 44.6 Å². The number of aromatic nitrogens is 2. The van der Waals surface area contributed by atoms with Gasteiger partial charge in [0.25, 0.3) is 5.91 Å². The first kappa shape index (κ1) is 36.0. The molecule has 2 aromatic heterocycles. The van der Waals surface area contributed by atoms with Gasteiger partial charge in [0.2, 0.25) is 5.91 Å². The van der Waals surface area contributed by atoms with Gasteiger partial charge in [-0.05, 0) is 98.8 Å². The number of amides is 2. The van der Waals surface area contributed by atoms with Gasteiger partial charge in [0, 0.05) is 47.8 Å². The van der Waals surface area contributed by atoms with Crippen molar-refractivity contribution in [1.82, 2.24) is 25.5 Å². The van der Waals surface area contributed by atoms with Gasteiger partial charge >= 0.3 is 0 Å². The molecule has 4 N–H and O–H groups in total. The molecule has 3 atom stereocenters. The summed E-state index contributed by atoms with van der Waals surface area (Å²) < 4.78 is 7.29. The summed E-state index contributed by atoms with van der Waals surface area (Å²) in [4.78, 5) is 30.0. The summed E-state index contributed by atoms with van der Waals surface area (Å²) in [6.07, 6.45) is 2.14. The number of pyridine rings is 1. The fraction of sp³-hybridized carbons (Fsp3) is 0.293. The fourth-order valence-corrected chi connectivity index (χ4v) is 5.88. The number of nitrogens with one attached hydrogen (secondary N) is 3. The first-order valence-electron chi connectivity index (χ1n) is 17.0. The van der Waals surface area contributed by atoms with E-state index in [0.29, 0.717) is 18.7 Å². The summed E-state index contributed by atoms with van der Waals surface area (Å²) in [7, 11) is 1.62. The number of nitrogens with zero attached hydrogens (tertiary/aromatic N) is 2. The van der Waals surface area contributed by atoms with Gasteiger partial charge in [0.15, 0.2) is 0 Å². The second-order valence-electron chi connectivity index (χ2n) is 12.9. The number of methoxy groups -OCH3 is 1. The molecule has 0 spiro atoms. The lowest BCUT2D eigenvalue weighted by atomic mass is 10.0. The third-order valence-electron chi connectivity index (χ3n) is 8.91. The van der Waals surface area contributed by atoms with E-state index in [4.69, 9.17) is 4.74 Å². The Morgan fingerprint density at radius 1 is 0.800 bits per heavy atom. The van der Waals surface area contributed by atoms with Crippen LogP contribution >= 0.6 is 0 Å². The van der Waals surface area contributed by atoms with E-state index in [-0.39, 0.29) is 30.3 Å². The summed E-state index contributed by atoms with van der Waals surface area (Å²) in [5.74, 6) is 1.38. The van der Waals surface area contributed by atoms with Gasteiger partial charge in [-0.3, -0.25) is 9.59 Å². The summed E-state index contributed by atoms with van der Waals surface area (Å²) in [6, 6.07) is 30.9. The Morgan fingerprint density at radius 3 is 2.04 bits per heavy atom. The van der Waals surface area contributed by atoms with Gasteiger partial charge in [0.1, 0.15) is 11.6 Å². The number of aliphatic hydroxyl groups excluding tert-OH is 1. The number of hydrogen-bond donors (Lipinski definition) is 4. The number of carbonyl (C=O) groups is 2. The average molecular weight is 674 g/mol. The monoisotopic (exact) mass is 673 g/mol. The molecule has 9 heteroatoms. The molecule has 2 heterocycles. The van der Waals surface area contributed by atoms with Crippen LogP contribution in [0.2, 0.25) is 0 Å². The van der Waals surface area contributed by atoms with E-state index in [9.17, 15) is 14.7 Å². The zero-order valence-electron chi connectivity index (χ0n) is 29.4. The van der Waals surface area contributed by atoms with E-state index < -0.39 is 6.10 Å². The van der Waals surface area contributed by atoms with Gasteiger partial charge in [-0.25, -0.2) is 4.98 Å². The molecule has 0 saturated carbocycles. The van der Waals surface area contributed by atoms with Crippen molar-refractivity contribution in [2.75, 3.05) is 13.7 Å². The maximum Gasteiger partial charge on any atom is 0.251 e. The highest BCUT2D eigenvalue weighted by molar-refractivity contribution is 5.94. The molecule has 0 fully saturated rings. The Hall–Kier alpha value is -5.25. The number of aliphatic hydroxyl groups is 1. The number of rotatable bonds is 15. The Morgan fingerprint density at radius 2 is 1.42 bits per heavy atom. The van der Waals surface area contributed by atoms with Crippen molar-refractivity contribution in [3.8, 4) is 11.6 Å². The lowest BCUT2D eigenvalue weighted by Gasteiger charge is -2.18. The SMILES string of the molecule is COc1ccc([C@@H](C)NC(=O)c2ccc(CNC(=O)Cc3ccc(CC(C)NC[C@@H](O)c4ccc(-n5c(C)ccc5C)nc4)cc3)cc2)cc1. The Kier molecular flexibility index (Phi) is 12.2. The van der Waals surface area contributed by atoms with Crippen LogP contribution in [0.15, 0.2) is 103 Å². The summed E-state index contributed by atoms with van der Waals surface area (Å²) in [6.45, 7) is 8.93. The number of hydrogen-bond acceptors (Lipinski definition) is 6. The second kappa shape index (κ2) is 16.9. The van der Waals surface area contributed by atoms with Gasteiger partial charge < -0.3 is 30.4 Å². The second-order valence-corrected chi connectivity index (χ2v) is 12.9. The molecule has 5 rings (SSSR count). The molecule has 5 aromatic rings. The number of benzene rings is 3. The van der Waals surface area contributed by atoms with Crippen molar-refractivity contribution in [1.29, 1.82) is 0 Å². The van der Waals surface area contributed by atoms with Crippen LogP contribution < -0.4 is 20.7 Å². The minimum absolute atomic E-state index is 0.0712. The van der Waals surface area contributed by atoms with Crippen LogP contribution in [0.25, 0.3) is 5.82 Å². The quantitative estimate of drug-likeness (QED) is 0.107. The first-order valence-corrected chi connectivity index (χ1v) is 17.0. The van der Waals surface area contributed by atoms with Crippen LogP contribution in [0.3, 0.4) is 0 Å². The highest BCUT2D eigenvalue weighted by Gasteiger charge is 2.14. The molecule has 0 radical (unpaired) electrons. The molecule has 2 amide bonds. The van der Waals surface area contributed by atoms with E-state index in [1.54, 1.807) is 25.4 Å². The van der Waals surface area contributed by atoms with Gasteiger partial charge in [0.05, 0.1) is 25.7 Å². The molecule has 260 valence electrons. The third-order valence-corrected chi connectivity index (χ3v) is 8.91. The molecule has 0 saturated heterocycles. The molecule has 1 unspecified atom stereocenters. The van der Waals surface area contributed by atoms with Crippen molar-refractivity contribution in [2.24, 2.45) is 0 Å². The number of carbonyl (C=O) groups excluding carboxylic acids is 2. The summed E-state index contributed by atoms with van der Waals surface area (Å²) >= 11 is 0. The zero-order valence-corrected chi connectivity index (χ0v) is 29.4. The molecule has 9 nitrogen and oxygen atoms in total. The first-order chi connectivity index (χ1) is 24.1. The van der Waals surface area contributed by atoms with Crippen molar-refractivity contribution in [2.45, 2.75) is 65.3 Å². The van der Waals surface area contributed by atoms with Crippen LogP contribution in [0.5, 0.6) is 5.75 Å².